The van der Waals surface area contributed by atoms with Crippen molar-refractivity contribution >= 4 is 12.0 Å². The molecule has 1 atom stereocenters. The minimum Gasteiger partial charge on any atom is -0.444 e. The van der Waals surface area contributed by atoms with Crippen LogP contribution in [-0.2, 0) is 25.7 Å². The zero-order valence-electron chi connectivity index (χ0n) is 14.9. The number of carbonyl (C=O) groups is 2. The lowest BCUT2D eigenvalue weighted by Crippen LogP contribution is -2.50. The normalized spacial score (nSPS) is 12.4. The molecule has 1 rings (SSSR count). The third-order valence-electron chi connectivity index (χ3n) is 2.97. The minimum absolute atomic E-state index is 0.000665. The number of benzene rings is 1. The number of carbonyl (C=O) groups excluding carboxylic acids is 2. The van der Waals surface area contributed by atoms with Crippen LogP contribution in [0.25, 0.3) is 0 Å². The Bertz CT molecular complexity index is 528. The third-order valence-corrected chi connectivity index (χ3v) is 2.97. The van der Waals surface area contributed by atoms with Crippen molar-refractivity contribution in [2.75, 3.05) is 20.8 Å². The first kappa shape index (κ1) is 19.9. The summed E-state index contributed by atoms with van der Waals surface area (Å²) in [5.74, 6) is -0.434. The molecule has 0 aliphatic carbocycles. The first-order chi connectivity index (χ1) is 11.2. The maximum atomic E-state index is 12.3. The second-order valence-electron chi connectivity index (χ2n) is 6.22. The standard InChI is InChI=1S/C17H26N2O5/c1-17(2,3)24-16(21)18-14(15(20)19(4)22-5)12-23-11-13-9-7-6-8-10-13/h6-10,14H,11-12H2,1-5H3,(H,18,21). The van der Waals surface area contributed by atoms with Crippen LogP contribution in [0.1, 0.15) is 26.3 Å². The van der Waals surface area contributed by atoms with Crippen LogP contribution in [-0.4, -0.2) is 49.5 Å². The maximum absolute atomic E-state index is 12.3. The number of hydrogen-bond acceptors (Lipinski definition) is 5. The molecule has 7 heteroatoms. The van der Waals surface area contributed by atoms with Crippen molar-refractivity contribution in [3.05, 3.63) is 35.9 Å². The van der Waals surface area contributed by atoms with Gasteiger partial charge in [-0.25, -0.2) is 9.86 Å². The molecule has 0 aliphatic heterocycles. The van der Waals surface area contributed by atoms with E-state index in [-0.39, 0.29) is 6.61 Å². The highest BCUT2D eigenvalue weighted by molar-refractivity contribution is 5.85. The Kier molecular flexibility index (Phi) is 7.67. The van der Waals surface area contributed by atoms with Gasteiger partial charge in [0, 0.05) is 7.05 Å². The Morgan fingerprint density at radius 2 is 1.83 bits per heavy atom. The molecule has 7 nitrogen and oxygen atoms in total. The fourth-order valence-corrected chi connectivity index (χ4v) is 1.80. The predicted octanol–water partition coefficient (Wildman–Crippen LogP) is 2.12. The molecule has 1 aromatic carbocycles. The summed E-state index contributed by atoms with van der Waals surface area (Å²) in [6.45, 7) is 5.57. The van der Waals surface area contributed by atoms with Crippen molar-refractivity contribution in [1.29, 1.82) is 0 Å². The highest BCUT2D eigenvalue weighted by Crippen LogP contribution is 2.08. The average Bonchev–Trinajstić information content (AvgIpc) is 2.51. The van der Waals surface area contributed by atoms with Crippen LogP contribution in [0.2, 0.25) is 0 Å². The van der Waals surface area contributed by atoms with Gasteiger partial charge in [-0.15, -0.1) is 0 Å². The molecule has 0 bridgehead atoms. The summed E-state index contributed by atoms with van der Waals surface area (Å²) in [7, 11) is 2.83. The highest BCUT2D eigenvalue weighted by atomic mass is 16.7. The topological polar surface area (TPSA) is 77.1 Å². The summed E-state index contributed by atoms with van der Waals surface area (Å²) in [5.41, 5.74) is 0.316. The highest BCUT2D eigenvalue weighted by Gasteiger charge is 2.27. The van der Waals surface area contributed by atoms with Gasteiger partial charge < -0.3 is 14.8 Å². The molecule has 1 unspecified atom stereocenters. The fourth-order valence-electron chi connectivity index (χ4n) is 1.80. The third kappa shape index (κ3) is 7.43. The first-order valence-corrected chi connectivity index (χ1v) is 7.66. The molecule has 0 aliphatic rings. The van der Waals surface area contributed by atoms with Crippen molar-refractivity contribution in [3.63, 3.8) is 0 Å². The van der Waals surface area contributed by atoms with Crippen LogP contribution in [0, 0.1) is 0 Å². The lowest BCUT2D eigenvalue weighted by Gasteiger charge is -2.25. The van der Waals surface area contributed by atoms with Gasteiger partial charge in [-0.2, -0.15) is 0 Å². The van der Waals surface area contributed by atoms with Crippen LogP contribution < -0.4 is 5.32 Å². The van der Waals surface area contributed by atoms with Gasteiger partial charge in [0.25, 0.3) is 5.91 Å². The molecule has 134 valence electrons. The number of amides is 2. The minimum atomic E-state index is -0.909. The van der Waals surface area contributed by atoms with E-state index in [4.69, 9.17) is 14.3 Å². The number of nitrogens with zero attached hydrogens (tertiary/aromatic N) is 1. The molecule has 0 saturated heterocycles. The Labute approximate surface area is 142 Å². The zero-order chi connectivity index (χ0) is 18.2. The van der Waals surface area contributed by atoms with Crippen molar-refractivity contribution in [2.45, 2.75) is 39.0 Å². The monoisotopic (exact) mass is 338 g/mol. The summed E-state index contributed by atoms with van der Waals surface area (Å²) in [4.78, 5) is 29.1. The Balaban J connectivity index is 2.63. The molecule has 24 heavy (non-hydrogen) atoms. The van der Waals surface area contributed by atoms with Gasteiger partial charge >= 0.3 is 6.09 Å². The molecule has 1 N–H and O–H groups in total. The lowest BCUT2D eigenvalue weighted by molar-refractivity contribution is -0.172. The predicted molar refractivity (Wildman–Crippen MR) is 89.0 cm³/mol. The van der Waals surface area contributed by atoms with E-state index in [1.807, 2.05) is 30.3 Å². The van der Waals surface area contributed by atoms with Gasteiger partial charge in [0.05, 0.1) is 20.3 Å². The second kappa shape index (κ2) is 9.24. The zero-order valence-corrected chi connectivity index (χ0v) is 14.9. The molecular formula is C17H26N2O5. The van der Waals surface area contributed by atoms with E-state index in [0.717, 1.165) is 10.6 Å². The number of nitrogens with one attached hydrogen (secondary N) is 1. The van der Waals surface area contributed by atoms with Gasteiger partial charge in [-0.1, -0.05) is 30.3 Å². The van der Waals surface area contributed by atoms with Crippen LogP contribution in [0.15, 0.2) is 30.3 Å². The van der Waals surface area contributed by atoms with E-state index < -0.39 is 23.6 Å². The van der Waals surface area contributed by atoms with Gasteiger partial charge in [0.2, 0.25) is 0 Å². The van der Waals surface area contributed by atoms with Crippen molar-refractivity contribution in [1.82, 2.24) is 10.4 Å². The van der Waals surface area contributed by atoms with E-state index >= 15 is 0 Å². The molecule has 1 aromatic rings. The molecule has 0 radical (unpaired) electrons. The Morgan fingerprint density at radius 3 is 2.38 bits per heavy atom. The average molecular weight is 338 g/mol. The van der Waals surface area contributed by atoms with Crippen LogP contribution in [0.4, 0.5) is 4.79 Å². The SMILES string of the molecule is CON(C)C(=O)C(COCc1ccccc1)NC(=O)OC(C)(C)C. The van der Waals surface area contributed by atoms with Gasteiger partial charge in [0.1, 0.15) is 11.6 Å². The lowest BCUT2D eigenvalue weighted by atomic mass is 10.2. The van der Waals surface area contributed by atoms with Crippen LogP contribution in [0.5, 0.6) is 0 Å². The fraction of sp³-hybridized carbons (Fsp3) is 0.529. The molecule has 0 aromatic heterocycles. The number of rotatable bonds is 7. The molecule has 0 saturated carbocycles. The molecule has 0 spiro atoms. The Hall–Kier alpha value is -2.12. The number of likely N-dealkylation sites (N-methyl/N-ethyl adjacent to an activating group) is 1. The molecular weight excluding hydrogens is 312 g/mol. The van der Waals surface area contributed by atoms with Crippen molar-refractivity contribution in [2.24, 2.45) is 0 Å². The largest absolute Gasteiger partial charge is 0.444 e. The van der Waals surface area contributed by atoms with Crippen LogP contribution >= 0.6 is 0 Å². The van der Waals surface area contributed by atoms with Crippen molar-refractivity contribution < 1.29 is 23.9 Å². The van der Waals surface area contributed by atoms with Crippen LogP contribution in [0.3, 0.4) is 0 Å². The quantitative estimate of drug-likeness (QED) is 0.771. The van der Waals surface area contributed by atoms with E-state index in [2.05, 4.69) is 5.32 Å². The van der Waals surface area contributed by atoms with Gasteiger partial charge in [-0.05, 0) is 26.3 Å². The smallest absolute Gasteiger partial charge is 0.408 e. The number of alkyl carbamates (subject to hydrolysis) is 1. The summed E-state index contributed by atoms with van der Waals surface area (Å²) in [6, 6.07) is 8.64. The first-order valence-electron chi connectivity index (χ1n) is 7.66. The number of ether oxygens (including phenoxy) is 2. The molecule has 0 fully saturated rings. The number of hydrogen-bond donors (Lipinski definition) is 1. The van der Waals surface area contributed by atoms with Gasteiger partial charge in [0.15, 0.2) is 0 Å². The van der Waals surface area contributed by atoms with E-state index in [1.165, 1.54) is 14.2 Å². The van der Waals surface area contributed by atoms with Gasteiger partial charge in [-0.3, -0.25) is 9.63 Å². The summed E-state index contributed by atoms with van der Waals surface area (Å²) < 4.78 is 10.7. The Morgan fingerprint density at radius 1 is 1.21 bits per heavy atom. The molecule has 0 heterocycles. The summed E-state index contributed by atoms with van der Waals surface area (Å²) in [6.07, 6.45) is -0.686. The van der Waals surface area contributed by atoms with E-state index in [1.54, 1.807) is 20.8 Å². The summed E-state index contributed by atoms with van der Waals surface area (Å²) >= 11 is 0. The maximum Gasteiger partial charge on any atom is 0.408 e. The summed E-state index contributed by atoms with van der Waals surface area (Å²) in [5, 5.41) is 3.55. The van der Waals surface area contributed by atoms with E-state index in [9.17, 15) is 9.59 Å². The number of hydroxylamine groups is 2. The molecule has 2 amide bonds. The van der Waals surface area contributed by atoms with E-state index in [0.29, 0.717) is 6.61 Å². The second-order valence-corrected chi connectivity index (χ2v) is 6.22. The van der Waals surface area contributed by atoms with Crippen molar-refractivity contribution in [3.8, 4) is 0 Å².